The molecule has 0 radical (unpaired) electrons. The molecular formula is C9H12N2O4S. The van der Waals surface area contributed by atoms with Crippen LogP contribution in [0.3, 0.4) is 0 Å². The lowest BCUT2D eigenvalue weighted by Crippen LogP contribution is -2.44. The average Bonchev–Trinajstić information content (AvgIpc) is 2.71. The molecule has 0 aliphatic heterocycles. The predicted octanol–water partition coefficient (Wildman–Crippen LogP) is -0.285. The first-order valence-electron chi connectivity index (χ1n) is 4.50. The number of rotatable bonds is 4. The van der Waals surface area contributed by atoms with Crippen LogP contribution in [0.5, 0.6) is 0 Å². The third-order valence-electron chi connectivity index (χ3n) is 1.83. The Bertz CT molecular complexity index is 391. The topological polar surface area (TPSA) is 88.5 Å². The van der Waals surface area contributed by atoms with Crippen LogP contribution < -0.4 is 5.32 Å². The van der Waals surface area contributed by atoms with Gasteiger partial charge in [-0.15, -0.1) is 11.3 Å². The van der Waals surface area contributed by atoms with E-state index >= 15 is 0 Å². The van der Waals surface area contributed by atoms with Crippen LogP contribution in [0.15, 0.2) is 5.38 Å². The Morgan fingerprint density at radius 3 is 2.81 bits per heavy atom. The first kappa shape index (κ1) is 12.6. The Morgan fingerprint density at radius 2 is 2.38 bits per heavy atom. The smallest absolute Gasteiger partial charge is 0.330 e. The zero-order valence-electron chi connectivity index (χ0n) is 8.89. The van der Waals surface area contributed by atoms with Gasteiger partial charge in [-0.25, -0.2) is 9.78 Å². The summed E-state index contributed by atoms with van der Waals surface area (Å²) in [5.41, 5.74) is 0.227. The number of aromatic nitrogens is 1. The molecule has 16 heavy (non-hydrogen) atoms. The van der Waals surface area contributed by atoms with Gasteiger partial charge in [-0.05, 0) is 6.92 Å². The summed E-state index contributed by atoms with van der Waals surface area (Å²) in [5.74, 6) is -1.20. The summed E-state index contributed by atoms with van der Waals surface area (Å²) in [7, 11) is 1.18. The molecule has 0 bridgehead atoms. The van der Waals surface area contributed by atoms with E-state index in [1.807, 2.05) is 0 Å². The molecule has 0 fully saturated rings. The van der Waals surface area contributed by atoms with Crippen LogP contribution in [-0.2, 0) is 9.53 Å². The van der Waals surface area contributed by atoms with Gasteiger partial charge in [-0.2, -0.15) is 0 Å². The van der Waals surface area contributed by atoms with Crippen molar-refractivity contribution in [1.29, 1.82) is 0 Å². The second-order valence-electron chi connectivity index (χ2n) is 2.98. The first-order chi connectivity index (χ1) is 7.58. The maximum absolute atomic E-state index is 11.6. The number of ether oxygens (including phenoxy) is 1. The molecule has 1 amide bonds. The third-order valence-corrected chi connectivity index (χ3v) is 2.60. The van der Waals surface area contributed by atoms with Gasteiger partial charge in [0, 0.05) is 5.38 Å². The molecule has 0 aliphatic carbocycles. The van der Waals surface area contributed by atoms with Crippen LogP contribution in [-0.4, -0.2) is 41.7 Å². The van der Waals surface area contributed by atoms with Gasteiger partial charge < -0.3 is 15.2 Å². The van der Waals surface area contributed by atoms with Gasteiger partial charge in [0.15, 0.2) is 6.04 Å². The Morgan fingerprint density at radius 1 is 1.69 bits per heavy atom. The van der Waals surface area contributed by atoms with Crippen molar-refractivity contribution in [3.05, 3.63) is 16.1 Å². The van der Waals surface area contributed by atoms with E-state index in [-0.39, 0.29) is 5.69 Å². The lowest BCUT2D eigenvalue weighted by Gasteiger charge is -2.12. The lowest BCUT2D eigenvalue weighted by atomic mass is 10.3. The molecule has 0 aromatic carbocycles. The maximum atomic E-state index is 11.6. The molecule has 0 aliphatic rings. The summed E-state index contributed by atoms with van der Waals surface area (Å²) in [6.45, 7) is 1.26. The number of thiazole rings is 1. The second-order valence-corrected chi connectivity index (χ2v) is 4.05. The molecule has 1 unspecified atom stereocenters. The molecule has 0 saturated carbocycles. The van der Waals surface area contributed by atoms with Gasteiger partial charge in [0.1, 0.15) is 5.69 Å². The van der Waals surface area contributed by atoms with E-state index in [0.29, 0.717) is 0 Å². The molecule has 1 heterocycles. The van der Waals surface area contributed by atoms with Crippen molar-refractivity contribution < 1.29 is 19.4 Å². The number of amides is 1. The van der Waals surface area contributed by atoms with E-state index in [4.69, 9.17) is 5.11 Å². The summed E-state index contributed by atoms with van der Waals surface area (Å²) in [6.07, 6.45) is 0. The largest absolute Gasteiger partial charge is 0.467 e. The Kier molecular flexibility index (Phi) is 4.39. The molecule has 6 nitrogen and oxygen atoms in total. The number of carbonyl (C=O) groups excluding carboxylic acids is 2. The summed E-state index contributed by atoms with van der Waals surface area (Å²) in [4.78, 5) is 26.6. The van der Waals surface area contributed by atoms with Crippen LogP contribution in [0.25, 0.3) is 0 Å². The quantitative estimate of drug-likeness (QED) is 0.711. The number of nitrogens with one attached hydrogen (secondary N) is 1. The van der Waals surface area contributed by atoms with Crippen LogP contribution in [0, 0.1) is 6.92 Å². The van der Waals surface area contributed by atoms with Crippen LogP contribution in [0.1, 0.15) is 15.5 Å². The fourth-order valence-electron chi connectivity index (χ4n) is 1.02. The van der Waals surface area contributed by atoms with Gasteiger partial charge in [0.2, 0.25) is 0 Å². The number of aliphatic hydroxyl groups excluding tert-OH is 1. The summed E-state index contributed by atoms with van der Waals surface area (Å²) in [5, 5.41) is 13.6. The molecule has 0 saturated heterocycles. The highest BCUT2D eigenvalue weighted by Crippen LogP contribution is 2.07. The third kappa shape index (κ3) is 3.01. The minimum absolute atomic E-state index is 0.227. The van der Waals surface area contributed by atoms with Crippen molar-refractivity contribution in [1.82, 2.24) is 10.3 Å². The van der Waals surface area contributed by atoms with Crippen molar-refractivity contribution in [2.75, 3.05) is 13.7 Å². The molecule has 7 heteroatoms. The van der Waals surface area contributed by atoms with Gasteiger partial charge in [-0.3, -0.25) is 4.79 Å². The minimum Gasteiger partial charge on any atom is -0.467 e. The number of methoxy groups -OCH3 is 1. The average molecular weight is 244 g/mol. The van der Waals surface area contributed by atoms with Crippen molar-refractivity contribution >= 4 is 23.2 Å². The van der Waals surface area contributed by atoms with E-state index in [1.54, 1.807) is 12.3 Å². The molecular weight excluding hydrogens is 232 g/mol. The zero-order chi connectivity index (χ0) is 12.1. The highest BCUT2D eigenvalue weighted by Gasteiger charge is 2.22. The Hall–Kier alpha value is -1.47. The fraction of sp³-hybridized carbons (Fsp3) is 0.444. The van der Waals surface area contributed by atoms with Crippen molar-refractivity contribution in [2.45, 2.75) is 13.0 Å². The number of nitrogens with zero attached hydrogens (tertiary/aromatic N) is 1. The van der Waals surface area contributed by atoms with E-state index in [9.17, 15) is 9.59 Å². The number of hydrogen-bond acceptors (Lipinski definition) is 6. The SMILES string of the molecule is COC(=O)C(CO)NC(=O)c1csc(C)n1. The van der Waals surface area contributed by atoms with Crippen molar-refractivity contribution in [3.8, 4) is 0 Å². The first-order valence-corrected chi connectivity index (χ1v) is 5.38. The maximum Gasteiger partial charge on any atom is 0.330 e. The number of aryl methyl sites for hydroxylation is 1. The summed E-state index contributed by atoms with van der Waals surface area (Å²) >= 11 is 1.33. The number of hydrogen-bond donors (Lipinski definition) is 2. The minimum atomic E-state index is -1.06. The van der Waals surface area contributed by atoms with Gasteiger partial charge in [-0.1, -0.05) is 0 Å². The van der Waals surface area contributed by atoms with E-state index in [2.05, 4.69) is 15.0 Å². The second kappa shape index (κ2) is 5.57. The predicted molar refractivity (Wildman–Crippen MR) is 57.2 cm³/mol. The van der Waals surface area contributed by atoms with Crippen LogP contribution in [0.4, 0.5) is 0 Å². The molecule has 0 spiro atoms. The summed E-state index contributed by atoms with van der Waals surface area (Å²) in [6, 6.07) is -1.06. The summed E-state index contributed by atoms with van der Waals surface area (Å²) < 4.78 is 4.41. The van der Waals surface area contributed by atoms with Crippen molar-refractivity contribution in [3.63, 3.8) is 0 Å². The highest BCUT2D eigenvalue weighted by molar-refractivity contribution is 7.09. The van der Waals surface area contributed by atoms with Gasteiger partial charge in [0.25, 0.3) is 5.91 Å². The number of carbonyl (C=O) groups is 2. The monoisotopic (exact) mass is 244 g/mol. The molecule has 1 atom stereocenters. The Labute approximate surface area is 96.3 Å². The molecule has 1 rings (SSSR count). The molecule has 1 aromatic rings. The molecule has 88 valence electrons. The zero-order valence-corrected chi connectivity index (χ0v) is 9.71. The lowest BCUT2D eigenvalue weighted by molar-refractivity contribution is -0.143. The fourth-order valence-corrected chi connectivity index (χ4v) is 1.61. The molecule has 1 aromatic heterocycles. The number of esters is 1. The highest BCUT2D eigenvalue weighted by atomic mass is 32.1. The van der Waals surface area contributed by atoms with E-state index < -0.39 is 24.5 Å². The Balaban J connectivity index is 2.66. The van der Waals surface area contributed by atoms with Gasteiger partial charge in [0.05, 0.1) is 18.7 Å². The van der Waals surface area contributed by atoms with Crippen LogP contribution in [0.2, 0.25) is 0 Å². The normalized spacial score (nSPS) is 11.9. The molecule has 2 N–H and O–H groups in total. The van der Waals surface area contributed by atoms with Gasteiger partial charge >= 0.3 is 5.97 Å². The van der Waals surface area contributed by atoms with Crippen molar-refractivity contribution in [2.24, 2.45) is 0 Å². The van der Waals surface area contributed by atoms with Crippen LogP contribution >= 0.6 is 11.3 Å². The number of aliphatic hydroxyl groups is 1. The van der Waals surface area contributed by atoms with E-state index in [1.165, 1.54) is 18.4 Å². The van der Waals surface area contributed by atoms with E-state index in [0.717, 1.165) is 5.01 Å². The standard InChI is InChI=1S/C9H12N2O4S/c1-5-10-7(4-16-5)8(13)11-6(3-12)9(14)15-2/h4,6,12H,3H2,1-2H3,(H,11,13).